The Morgan fingerprint density at radius 3 is 2.56 bits per heavy atom. The zero-order valence-corrected chi connectivity index (χ0v) is 10.6. The first kappa shape index (κ1) is 14.5. The molecule has 0 radical (unpaired) electrons. The number of carboxylic acids is 1. The van der Waals surface area contributed by atoms with E-state index >= 15 is 0 Å². The Kier molecular flexibility index (Phi) is 5.59. The third-order valence-corrected chi connectivity index (χ3v) is 3.00. The first-order valence-corrected chi connectivity index (χ1v) is 6.11. The summed E-state index contributed by atoms with van der Waals surface area (Å²) in [5, 5.41) is 17.1. The number of amides is 1. The lowest BCUT2D eigenvalue weighted by Crippen LogP contribution is -2.40. The van der Waals surface area contributed by atoms with E-state index in [1.54, 1.807) is 7.05 Å². The maximum absolute atomic E-state index is 11.9. The predicted molar refractivity (Wildman–Crippen MR) is 64.7 cm³/mol. The van der Waals surface area contributed by atoms with Gasteiger partial charge >= 0.3 is 5.97 Å². The molecule has 1 rings (SSSR count). The summed E-state index contributed by atoms with van der Waals surface area (Å²) in [7, 11) is 1.67. The van der Waals surface area contributed by atoms with Crippen LogP contribution in [0.2, 0.25) is 0 Å². The molecule has 0 saturated heterocycles. The number of rotatable bonds is 8. The average molecular weight is 253 g/mol. The normalized spacial score (nSPS) is 14.3. The van der Waals surface area contributed by atoms with Crippen molar-refractivity contribution in [3.63, 3.8) is 0 Å². The summed E-state index contributed by atoms with van der Waals surface area (Å²) in [6.45, 7) is 1.09. The van der Waals surface area contributed by atoms with Crippen LogP contribution in [0.5, 0.6) is 0 Å². The van der Waals surface area contributed by atoms with E-state index in [1.165, 1.54) is 4.90 Å². The third-order valence-electron chi connectivity index (χ3n) is 3.00. The molecule has 0 spiro atoms. The van der Waals surface area contributed by atoms with Crippen molar-refractivity contribution in [3.8, 4) is 6.07 Å². The van der Waals surface area contributed by atoms with Crippen molar-refractivity contribution in [1.82, 2.24) is 9.80 Å². The fourth-order valence-corrected chi connectivity index (χ4v) is 1.71. The zero-order valence-electron chi connectivity index (χ0n) is 10.6. The van der Waals surface area contributed by atoms with E-state index in [4.69, 9.17) is 10.4 Å². The zero-order chi connectivity index (χ0) is 13.5. The highest BCUT2D eigenvalue weighted by molar-refractivity contribution is 5.78. The minimum absolute atomic E-state index is 0.0532. The molecule has 0 heterocycles. The fourth-order valence-electron chi connectivity index (χ4n) is 1.71. The van der Waals surface area contributed by atoms with Gasteiger partial charge in [-0.05, 0) is 12.8 Å². The van der Waals surface area contributed by atoms with Crippen LogP contribution in [-0.4, -0.2) is 59.5 Å². The summed E-state index contributed by atoms with van der Waals surface area (Å²) in [4.78, 5) is 25.9. The molecule has 1 aliphatic rings. The number of nitriles is 1. The van der Waals surface area contributed by atoms with Crippen LogP contribution in [0.3, 0.4) is 0 Å². The molecule has 1 N–H and O–H groups in total. The molecule has 1 amide bonds. The molecule has 1 saturated carbocycles. The molecule has 0 aromatic carbocycles. The van der Waals surface area contributed by atoms with Crippen LogP contribution >= 0.6 is 0 Å². The lowest BCUT2D eigenvalue weighted by atomic mass is 10.3. The monoisotopic (exact) mass is 253 g/mol. The topological polar surface area (TPSA) is 84.6 Å². The number of hydrogen-bond acceptors (Lipinski definition) is 4. The van der Waals surface area contributed by atoms with E-state index in [0.717, 1.165) is 12.8 Å². The summed E-state index contributed by atoms with van der Waals surface area (Å²) in [5.41, 5.74) is 0. The smallest absolute Gasteiger partial charge is 0.304 e. The van der Waals surface area contributed by atoms with Gasteiger partial charge in [-0.15, -0.1) is 0 Å². The minimum Gasteiger partial charge on any atom is -0.481 e. The Morgan fingerprint density at radius 1 is 1.39 bits per heavy atom. The van der Waals surface area contributed by atoms with Crippen molar-refractivity contribution in [2.24, 2.45) is 0 Å². The summed E-state index contributed by atoms with van der Waals surface area (Å²) in [6, 6.07) is 2.36. The van der Waals surface area contributed by atoms with E-state index in [-0.39, 0.29) is 18.9 Å². The maximum Gasteiger partial charge on any atom is 0.304 e. The van der Waals surface area contributed by atoms with Gasteiger partial charge in [-0.2, -0.15) is 5.26 Å². The SMILES string of the molecule is CN(CCC#N)C(=O)CN(CCC(=O)O)C1CC1. The molecule has 18 heavy (non-hydrogen) atoms. The summed E-state index contributed by atoms with van der Waals surface area (Å²) in [6.07, 6.45) is 2.45. The third kappa shape index (κ3) is 5.15. The molecule has 100 valence electrons. The standard InChI is InChI=1S/C12H19N3O3/c1-14(7-2-6-13)11(16)9-15(10-3-4-10)8-5-12(17)18/h10H,2-5,7-9H2,1H3,(H,17,18). The number of carbonyl (C=O) groups excluding carboxylic acids is 1. The molecule has 0 bridgehead atoms. The Morgan fingerprint density at radius 2 is 2.06 bits per heavy atom. The molecule has 0 atom stereocenters. The van der Waals surface area contributed by atoms with Gasteiger partial charge in [-0.1, -0.05) is 0 Å². The summed E-state index contributed by atoms with van der Waals surface area (Å²) < 4.78 is 0. The van der Waals surface area contributed by atoms with Crippen molar-refractivity contribution in [3.05, 3.63) is 0 Å². The van der Waals surface area contributed by atoms with Gasteiger partial charge in [-0.3, -0.25) is 14.5 Å². The molecule has 0 unspecified atom stereocenters. The van der Waals surface area contributed by atoms with Gasteiger partial charge in [0.05, 0.1) is 25.5 Å². The van der Waals surface area contributed by atoms with Gasteiger partial charge in [0.15, 0.2) is 0 Å². The van der Waals surface area contributed by atoms with E-state index in [1.807, 2.05) is 11.0 Å². The molecule has 1 aliphatic carbocycles. The maximum atomic E-state index is 11.9. The van der Waals surface area contributed by atoms with Crippen molar-refractivity contribution in [1.29, 1.82) is 5.26 Å². The molecule has 0 aromatic rings. The van der Waals surface area contributed by atoms with Crippen LogP contribution in [-0.2, 0) is 9.59 Å². The molecule has 0 aliphatic heterocycles. The van der Waals surface area contributed by atoms with E-state index in [2.05, 4.69) is 0 Å². The van der Waals surface area contributed by atoms with Gasteiger partial charge in [0, 0.05) is 26.2 Å². The average Bonchev–Trinajstić information content (AvgIpc) is 3.14. The highest BCUT2D eigenvalue weighted by atomic mass is 16.4. The molecular weight excluding hydrogens is 234 g/mol. The Hall–Kier alpha value is -1.61. The Bertz CT molecular complexity index is 347. The molecule has 0 aromatic heterocycles. The number of aliphatic carboxylic acids is 1. The van der Waals surface area contributed by atoms with Crippen LogP contribution < -0.4 is 0 Å². The van der Waals surface area contributed by atoms with E-state index < -0.39 is 5.97 Å². The summed E-state index contributed by atoms with van der Waals surface area (Å²) >= 11 is 0. The minimum atomic E-state index is -0.842. The molecule has 6 heteroatoms. The summed E-state index contributed by atoms with van der Waals surface area (Å²) in [5.74, 6) is -0.895. The van der Waals surface area contributed by atoms with Crippen LogP contribution in [0, 0.1) is 11.3 Å². The quantitative estimate of drug-likeness (QED) is 0.672. The molecule has 1 fully saturated rings. The van der Waals surface area contributed by atoms with Gasteiger partial charge in [-0.25, -0.2) is 0 Å². The molecule has 6 nitrogen and oxygen atoms in total. The van der Waals surface area contributed by atoms with Crippen molar-refractivity contribution in [2.45, 2.75) is 31.7 Å². The molecular formula is C12H19N3O3. The number of likely N-dealkylation sites (N-methyl/N-ethyl adjacent to an activating group) is 1. The highest BCUT2D eigenvalue weighted by Gasteiger charge is 2.30. The van der Waals surface area contributed by atoms with Crippen molar-refractivity contribution in [2.75, 3.05) is 26.7 Å². The van der Waals surface area contributed by atoms with Gasteiger partial charge < -0.3 is 10.0 Å². The van der Waals surface area contributed by atoms with Crippen LogP contribution in [0.15, 0.2) is 0 Å². The van der Waals surface area contributed by atoms with Crippen LogP contribution in [0.1, 0.15) is 25.7 Å². The van der Waals surface area contributed by atoms with Gasteiger partial charge in [0.2, 0.25) is 5.91 Å². The highest BCUT2D eigenvalue weighted by Crippen LogP contribution is 2.26. The number of nitrogens with zero attached hydrogens (tertiary/aromatic N) is 3. The van der Waals surface area contributed by atoms with E-state index in [0.29, 0.717) is 25.6 Å². The van der Waals surface area contributed by atoms with Crippen LogP contribution in [0.4, 0.5) is 0 Å². The second-order valence-electron chi connectivity index (χ2n) is 4.57. The van der Waals surface area contributed by atoms with Crippen molar-refractivity contribution >= 4 is 11.9 Å². The Labute approximate surface area is 107 Å². The van der Waals surface area contributed by atoms with Crippen LogP contribution in [0.25, 0.3) is 0 Å². The second-order valence-corrected chi connectivity index (χ2v) is 4.57. The lowest BCUT2D eigenvalue weighted by Gasteiger charge is -2.24. The first-order chi connectivity index (χ1) is 8.54. The fraction of sp³-hybridized carbons (Fsp3) is 0.750. The van der Waals surface area contributed by atoms with Gasteiger partial charge in [0.1, 0.15) is 0 Å². The lowest BCUT2D eigenvalue weighted by molar-refractivity contribution is -0.138. The Balaban J connectivity index is 2.38. The van der Waals surface area contributed by atoms with Gasteiger partial charge in [0.25, 0.3) is 0 Å². The second kappa shape index (κ2) is 6.97. The van der Waals surface area contributed by atoms with Crippen molar-refractivity contribution < 1.29 is 14.7 Å². The van der Waals surface area contributed by atoms with E-state index in [9.17, 15) is 9.59 Å². The largest absolute Gasteiger partial charge is 0.481 e. The number of hydrogen-bond donors (Lipinski definition) is 1. The number of carboxylic acid groups (broad SMARTS) is 1. The number of carbonyl (C=O) groups is 2. The first-order valence-electron chi connectivity index (χ1n) is 6.11. The predicted octanol–water partition coefficient (Wildman–Crippen LogP) is 0.298.